The summed E-state index contributed by atoms with van der Waals surface area (Å²) in [5, 5.41) is 7.60. The summed E-state index contributed by atoms with van der Waals surface area (Å²) in [6.45, 7) is 6.16. The van der Waals surface area contributed by atoms with Crippen molar-refractivity contribution in [3.05, 3.63) is 42.9 Å². The van der Waals surface area contributed by atoms with Gasteiger partial charge in [0.15, 0.2) is 11.6 Å². The quantitative estimate of drug-likeness (QED) is 0.685. The third kappa shape index (κ3) is 3.31. The lowest BCUT2D eigenvalue weighted by Crippen LogP contribution is -2.27. The third-order valence-corrected chi connectivity index (χ3v) is 3.26. The Bertz CT molecular complexity index is 833. The lowest BCUT2D eigenvalue weighted by molar-refractivity contribution is 0.630. The highest BCUT2D eigenvalue weighted by atomic mass is 15.1. The Kier molecular flexibility index (Phi) is 3.73. The topological polar surface area (TPSA) is 88.8 Å². The van der Waals surface area contributed by atoms with Crippen molar-refractivity contribution in [3.63, 3.8) is 0 Å². The summed E-state index contributed by atoms with van der Waals surface area (Å²) in [6.07, 6.45) is 3.26. The minimum atomic E-state index is -0.138. The first-order chi connectivity index (χ1) is 10.9. The molecule has 0 saturated heterocycles. The molecule has 0 atom stereocenters. The van der Waals surface area contributed by atoms with Crippen LogP contribution in [0.15, 0.2) is 42.9 Å². The Labute approximate surface area is 135 Å². The van der Waals surface area contributed by atoms with E-state index in [2.05, 4.69) is 46.4 Å². The van der Waals surface area contributed by atoms with Crippen LogP contribution in [-0.4, -0.2) is 20.5 Å². The van der Waals surface area contributed by atoms with Crippen molar-refractivity contribution in [2.75, 3.05) is 16.4 Å². The summed E-state index contributed by atoms with van der Waals surface area (Å²) >= 11 is 0. The van der Waals surface area contributed by atoms with Crippen molar-refractivity contribution >= 4 is 33.9 Å². The monoisotopic (exact) mass is 308 g/mol. The molecular weight excluding hydrogens is 288 g/mol. The fourth-order valence-electron chi connectivity index (χ4n) is 2.28. The number of fused-ring (bicyclic) bond motifs is 1. The fourth-order valence-corrected chi connectivity index (χ4v) is 2.28. The van der Waals surface area contributed by atoms with Gasteiger partial charge in [-0.1, -0.05) is 18.2 Å². The number of benzene rings is 1. The zero-order chi connectivity index (χ0) is 16.4. The number of pyridine rings is 1. The molecule has 2 aromatic heterocycles. The molecule has 1 aromatic carbocycles. The van der Waals surface area contributed by atoms with Crippen LogP contribution in [0, 0.1) is 0 Å². The Balaban J connectivity index is 1.98. The third-order valence-electron chi connectivity index (χ3n) is 3.26. The van der Waals surface area contributed by atoms with Crippen LogP contribution in [0.2, 0.25) is 0 Å². The molecule has 0 spiro atoms. The number of rotatable bonds is 3. The predicted molar refractivity (Wildman–Crippen MR) is 94.8 cm³/mol. The summed E-state index contributed by atoms with van der Waals surface area (Å²) in [6, 6.07) is 9.87. The van der Waals surface area contributed by atoms with Crippen molar-refractivity contribution < 1.29 is 0 Å². The van der Waals surface area contributed by atoms with Crippen LogP contribution in [0.4, 0.5) is 23.0 Å². The normalized spacial score (nSPS) is 11.4. The molecule has 0 radical (unpaired) electrons. The van der Waals surface area contributed by atoms with E-state index in [1.807, 2.05) is 30.3 Å². The Morgan fingerprint density at radius 3 is 2.48 bits per heavy atom. The molecular formula is C17H20N6. The van der Waals surface area contributed by atoms with Gasteiger partial charge in [-0.3, -0.25) is 4.98 Å². The second kappa shape index (κ2) is 5.72. The van der Waals surface area contributed by atoms with Crippen LogP contribution in [0.1, 0.15) is 20.8 Å². The molecule has 0 unspecified atom stereocenters. The number of hydrogen-bond donors (Lipinski definition) is 3. The van der Waals surface area contributed by atoms with Crippen molar-refractivity contribution in [3.8, 4) is 0 Å². The number of para-hydroxylation sites is 1. The molecule has 6 nitrogen and oxygen atoms in total. The Morgan fingerprint density at radius 2 is 1.70 bits per heavy atom. The van der Waals surface area contributed by atoms with Gasteiger partial charge in [-0.15, -0.1) is 0 Å². The Hall–Kier alpha value is -2.89. The van der Waals surface area contributed by atoms with Gasteiger partial charge in [-0.05, 0) is 32.9 Å². The second-order valence-electron chi connectivity index (χ2n) is 6.37. The van der Waals surface area contributed by atoms with E-state index in [4.69, 9.17) is 5.73 Å². The van der Waals surface area contributed by atoms with Crippen molar-refractivity contribution in [1.82, 2.24) is 15.0 Å². The molecule has 0 aliphatic rings. The summed E-state index contributed by atoms with van der Waals surface area (Å²) in [7, 11) is 0. The molecule has 3 aromatic rings. The van der Waals surface area contributed by atoms with E-state index in [0.29, 0.717) is 17.3 Å². The van der Waals surface area contributed by atoms with E-state index in [9.17, 15) is 0 Å². The highest BCUT2D eigenvalue weighted by Gasteiger charge is 2.15. The van der Waals surface area contributed by atoms with Crippen molar-refractivity contribution in [2.24, 2.45) is 0 Å². The molecule has 2 heterocycles. The molecule has 0 amide bonds. The van der Waals surface area contributed by atoms with Crippen LogP contribution >= 0.6 is 0 Å². The average Bonchev–Trinajstić information content (AvgIpc) is 2.50. The minimum Gasteiger partial charge on any atom is -0.393 e. The van der Waals surface area contributed by atoms with Gasteiger partial charge < -0.3 is 16.4 Å². The van der Waals surface area contributed by atoms with E-state index in [-0.39, 0.29) is 5.54 Å². The van der Waals surface area contributed by atoms with Crippen LogP contribution in [0.25, 0.3) is 10.9 Å². The number of nitrogen functional groups attached to an aromatic ring is 1. The van der Waals surface area contributed by atoms with Crippen LogP contribution in [0.3, 0.4) is 0 Å². The lowest BCUT2D eigenvalue weighted by atomic mass is 10.1. The molecule has 3 rings (SSSR count). The highest BCUT2D eigenvalue weighted by molar-refractivity contribution is 5.93. The zero-order valence-corrected chi connectivity index (χ0v) is 13.5. The molecule has 4 N–H and O–H groups in total. The van der Waals surface area contributed by atoms with E-state index < -0.39 is 0 Å². The largest absolute Gasteiger partial charge is 0.393 e. The SMILES string of the molecule is CC(C)(C)Nc1ncnc(Nc2cccc3cccnc23)c1N. The maximum absolute atomic E-state index is 6.21. The molecule has 0 saturated carbocycles. The van der Waals surface area contributed by atoms with Crippen molar-refractivity contribution in [1.29, 1.82) is 0 Å². The number of aromatic nitrogens is 3. The minimum absolute atomic E-state index is 0.138. The van der Waals surface area contributed by atoms with Crippen LogP contribution in [-0.2, 0) is 0 Å². The summed E-state index contributed by atoms with van der Waals surface area (Å²) in [5.41, 5.74) is 8.29. The van der Waals surface area contributed by atoms with Gasteiger partial charge >= 0.3 is 0 Å². The van der Waals surface area contributed by atoms with Gasteiger partial charge in [0, 0.05) is 17.1 Å². The summed E-state index contributed by atoms with van der Waals surface area (Å²) < 4.78 is 0. The van der Waals surface area contributed by atoms with E-state index >= 15 is 0 Å². The molecule has 0 fully saturated rings. The number of nitrogens with two attached hydrogens (primary N) is 1. The average molecular weight is 308 g/mol. The number of nitrogens with zero attached hydrogens (tertiary/aromatic N) is 3. The first kappa shape index (κ1) is 15.0. The predicted octanol–water partition coefficient (Wildman–Crippen LogP) is 3.56. The number of hydrogen-bond acceptors (Lipinski definition) is 6. The maximum Gasteiger partial charge on any atom is 0.159 e. The van der Waals surface area contributed by atoms with Gasteiger partial charge in [0.2, 0.25) is 0 Å². The van der Waals surface area contributed by atoms with Gasteiger partial charge in [-0.2, -0.15) is 0 Å². The van der Waals surface area contributed by atoms with E-state index in [1.165, 1.54) is 6.33 Å². The smallest absolute Gasteiger partial charge is 0.159 e. The second-order valence-corrected chi connectivity index (χ2v) is 6.37. The molecule has 0 aliphatic carbocycles. The van der Waals surface area contributed by atoms with E-state index in [1.54, 1.807) is 6.20 Å². The van der Waals surface area contributed by atoms with Gasteiger partial charge in [0.25, 0.3) is 0 Å². The zero-order valence-electron chi connectivity index (χ0n) is 13.5. The molecule has 23 heavy (non-hydrogen) atoms. The molecule has 6 heteroatoms. The fraction of sp³-hybridized carbons (Fsp3) is 0.235. The van der Waals surface area contributed by atoms with E-state index in [0.717, 1.165) is 16.6 Å². The van der Waals surface area contributed by atoms with Crippen LogP contribution < -0.4 is 16.4 Å². The molecule has 0 aliphatic heterocycles. The Morgan fingerprint density at radius 1 is 0.957 bits per heavy atom. The lowest BCUT2D eigenvalue weighted by Gasteiger charge is -2.22. The highest BCUT2D eigenvalue weighted by Crippen LogP contribution is 2.30. The first-order valence-electron chi connectivity index (χ1n) is 7.43. The standard InChI is InChI=1S/C17H20N6/c1-17(2,3)23-16-13(18)15(20-10-21-16)22-12-8-4-6-11-7-5-9-19-14(11)12/h4-10H,18H2,1-3H3,(H2,20,21,22,23). The summed E-state index contributed by atoms with van der Waals surface area (Å²) in [5.74, 6) is 1.17. The van der Waals surface area contributed by atoms with Gasteiger partial charge in [0.1, 0.15) is 12.0 Å². The van der Waals surface area contributed by atoms with Crippen molar-refractivity contribution in [2.45, 2.75) is 26.3 Å². The van der Waals surface area contributed by atoms with Gasteiger partial charge in [0.05, 0.1) is 11.2 Å². The maximum atomic E-state index is 6.21. The number of anilines is 4. The summed E-state index contributed by atoms with van der Waals surface area (Å²) in [4.78, 5) is 12.9. The molecule has 0 bridgehead atoms. The number of nitrogens with one attached hydrogen (secondary N) is 2. The van der Waals surface area contributed by atoms with Gasteiger partial charge in [-0.25, -0.2) is 9.97 Å². The molecule has 118 valence electrons. The first-order valence-corrected chi connectivity index (χ1v) is 7.43. The van der Waals surface area contributed by atoms with Crippen LogP contribution in [0.5, 0.6) is 0 Å².